The van der Waals surface area contributed by atoms with Gasteiger partial charge >= 0.3 is 0 Å². The fourth-order valence-corrected chi connectivity index (χ4v) is 5.06. The summed E-state index contributed by atoms with van der Waals surface area (Å²) in [6.07, 6.45) is 0. The molecule has 0 amide bonds. The van der Waals surface area contributed by atoms with Crippen LogP contribution in [0.3, 0.4) is 0 Å². The Bertz CT molecular complexity index is 1120. The Balaban J connectivity index is 1.40. The number of hydrogen-bond donors (Lipinski definition) is 0. The van der Waals surface area contributed by atoms with Gasteiger partial charge in [-0.1, -0.05) is 59.3 Å². The molecule has 30 heavy (non-hydrogen) atoms. The van der Waals surface area contributed by atoms with Crippen molar-refractivity contribution in [1.29, 1.82) is 0 Å². The van der Waals surface area contributed by atoms with Gasteiger partial charge in [0.15, 0.2) is 11.0 Å². The maximum Gasteiger partial charge on any atom is 0.191 e. The largest absolute Gasteiger partial charge is 0.486 e. The average molecular weight is 457 g/mol. The van der Waals surface area contributed by atoms with Gasteiger partial charge in [-0.15, -0.1) is 21.5 Å². The second kappa shape index (κ2) is 9.64. The van der Waals surface area contributed by atoms with E-state index in [9.17, 15) is 0 Å². The minimum atomic E-state index is 0.387. The van der Waals surface area contributed by atoms with E-state index in [1.54, 1.807) is 23.1 Å². The number of hydrogen-bond acceptors (Lipinski definition) is 6. The highest BCUT2D eigenvalue weighted by molar-refractivity contribution is 7.98. The topological polar surface area (TPSA) is 52.8 Å². The van der Waals surface area contributed by atoms with Crippen molar-refractivity contribution >= 4 is 34.7 Å². The van der Waals surface area contributed by atoms with Gasteiger partial charge in [0.1, 0.15) is 17.4 Å². The molecule has 0 fully saturated rings. The molecule has 4 rings (SSSR count). The summed E-state index contributed by atoms with van der Waals surface area (Å²) in [7, 11) is 0. The van der Waals surface area contributed by atoms with Crippen molar-refractivity contribution in [2.45, 2.75) is 37.9 Å². The van der Waals surface area contributed by atoms with Gasteiger partial charge in [-0.3, -0.25) is 0 Å². The lowest BCUT2D eigenvalue weighted by atomic mass is 10.2. The fraction of sp³-hybridized carbons (Fsp3) is 0.227. The fourth-order valence-electron chi connectivity index (χ4n) is 2.90. The van der Waals surface area contributed by atoms with Gasteiger partial charge in [0.2, 0.25) is 0 Å². The molecule has 0 aliphatic rings. The van der Waals surface area contributed by atoms with E-state index < -0.39 is 0 Å². The first kappa shape index (κ1) is 20.9. The first-order valence-electron chi connectivity index (χ1n) is 9.57. The molecule has 0 bridgehead atoms. The Morgan fingerprint density at radius 3 is 2.67 bits per heavy atom. The van der Waals surface area contributed by atoms with Crippen molar-refractivity contribution in [3.63, 3.8) is 0 Å². The molecule has 0 aliphatic heterocycles. The van der Waals surface area contributed by atoms with Crippen LogP contribution in [0.4, 0.5) is 0 Å². The number of aryl methyl sites for hydroxylation is 1. The Hall–Kier alpha value is -2.35. The average Bonchev–Trinajstić information content (AvgIpc) is 3.38. The molecule has 154 valence electrons. The second-order valence-electron chi connectivity index (χ2n) is 6.66. The lowest BCUT2D eigenvalue weighted by Crippen LogP contribution is -2.07. The highest BCUT2D eigenvalue weighted by atomic mass is 35.5. The third-order valence-corrected chi connectivity index (χ3v) is 6.76. The van der Waals surface area contributed by atoms with E-state index in [0.29, 0.717) is 6.61 Å². The molecular weight excluding hydrogens is 436 g/mol. The quantitative estimate of drug-likeness (QED) is 0.293. The highest BCUT2D eigenvalue weighted by Gasteiger charge is 2.14. The Morgan fingerprint density at radius 1 is 1.10 bits per heavy atom. The van der Waals surface area contributed by atoms with Gasteiger partial charge in [0.05, 0.1) is 10.7 Å². The number of thioether (sulfide) groups is 1. The van der Waals surface area contributed by atoms with Gasteiger partial charge in [-0.25, -0.2) is 4.98 Å². The maximum atomic E-state index is 6.29. The molecule has 0 unspecified atom stereocenters. The van der Waals surface area contributed by atoms with Gasteiger partial charge in [0.25, 0.3) is 0 Å². The van der Waals surface area contributed by atoms with Gasteiger partial charge in [-0.05, 0) is 32.0 Å². The van der Waals surface area contributed by atoms with Crippen molar-refractivity contribution in [2.75, 3.05) is 0 Å². The molecule has 2 heterocycles. The van der Waals surface area contributed by atoms with Crippen molar-refractivity contribution in [1.82, 2.24) is 19.7 Å². The Labute approximate surface area is 189 Å². The van der Waals surface area contributed by atoms with Gasteiger partial charge < -0.3 is 9.30 Å². The summed E-state index contributed by atoms with van der Waals surface area (Å²) in [6.45, 7) is 5.31. The summed E-state index contributed by atoms with van der Waals surface area (Å²) in [6, 6.07) is 15.8. The zero-order valence-corrected chi connectivity index (χ0v) is 19.1. The molecule has 5 nitrogen and oxygen atoms in total. The van der Waals surface area contributed by atoms with E-state index >= 15 is 0 Å². The molecule has 0 saturated carbocycles. The number of thiazole rings is 1. The van der Waals surface area contributed by atoms with Crippen LogP contribution < -0.4 is 4.74 Å². The number of halogens is 1. The SMILES string of the molecule is CCn1c(COc2ccc(C)cc2)nnc1SCc1csc(-c2ccccc2Cl)n1. The smallest absolute Gasteiger partial charge is 0.191 e. The van der Waals surface area contributed by atoms with Crippen LogP contribution in [0, 0.1) is 6.92 Å². The number of nitrogens with zero attached hydrogens (tertiary/aromatic N) is 4. The van der Waals surface area contributed by atoms with E-state index in [1.165, 1.54) is 5.56 Å². The van der Waals surface area contributed by atoms with E-state index in [-0.39, 0.29) is 0 Å². The van der Waals surface area contributed by atoms with Crippen LogP contribution in [0.25, 0.3) is 10.6 Å². The van der Waals surface area contributed by atoms with Crippen LogP contribution in [0.2, 0.25) is 5.02 Å². The van der Waals surface area contributed by atoms with Crippen LogP contribution in [0.15, 0.2) is 59.1 Å². The van der Waals surface area contributed by atoms with Crippen LogP contribution >= 0.6 is 34.7 Å². The molecule has 0 spiro atoms. The lowest BCUT2D eigenvalue weighted by Gasteiger charge is -2.08. The van der Waals surface area contributed by atoms with E-state index in [2.05, 4.69) is 34.0 Å². The normalized spacial score (nSPS) is 11.0. The van der Waals surface area contributed by atoms with Gasteiger partial charge in [-0.2, -0.15) is 0 Å². The molecule has 2 aromatic carbocycles. The maximum absolute atomic E-state index is 6.29. The minimum Gasteiger partial charge on any atom is -0.486 e. The minimum absolute atomic E-state index is 0.387. The third kappa shape index (κ3) is 4.86. The van der Waals surface area contributed by atoms with Gasteiger partial charge in [0, 0.05) is 23.2 Å². The highest BCUT2D eigenvalue weighted by Crippen LogP contribution is 2.32. The summed E-state index contributed by atoms with van der Waals surface area (Å²) < 4.78 is 7.96. The number of rotatable bonds is 8. The predicted octanol–water partition coefficient (Wildman–Crippen LogP) is 6.25. The molecular formula is C22H21ClN4OS2. The molecule has 8 heteroatoms. The lowest BCUT2D eigenvalue weighted by molar-refractivity contribution is 0.288. The van der Waals surface area contributed by atoms with Crippen molar-refractivity contribution in [3.05, 3.63) is 76.0 Å². The van der Waals surface area contributed by atoms with Crippen LogP contribution in [0.5, 0.6) is 5.75 Å². The summed E-state index contributed by atoms with van der Waals surface area (Å²) in [4.78, 5) is 4.73. The number of ether oxygens (including phenoxy) is 1. The van der Waals surface area contributed by atoms with Crippen molar-refractivity contribution in [2.24, 2.45) is 0 Å². The molecule has 0 saturated heterocycles. The second-order valence-corrected chi connectivity index (χ2v) is 8.87. The summed E-state index contributed by atoms with van der Waals surface area (Å²) >= 11 is 9.52. The first-order chi connectivity index (χ1) is 14.6. The monoisotopic (exact) mass is 456 g/mol. The summed E-state index contributed by atoms with van der Waals surface area (Å²) in [5.74, 6) is 2.36. The first-order valence-corrected chi connectivity index (χ1v) is 11.8. The standard InChI is InChI=1S/C22H21ClN4OS2/c1-3-27-20(12-28-17-10-8-15(2)9-11-17)25-26-22(27)30-14-16-13-29-21(24-16)18-6-4-5-7-19(18)23/h4-11,13H,3,12,14H2,1-2H3. The molecule has 0 atom stereocenters. The molecule has 0 radical (unpaired) electrons. The molecule has 0 N–H and O–H groups in total. The van der Waals surface area contributed by atoms with Crippen LogP contribution in [-0.2, 0) is 18.9 Å². The Morgan fingerprint density at radius 2 is 1.90 bits per heavy atom. The summed E-state index contributed by atoms with van der Waals surface area (Å²) in [5.41, 5.74) is 3.17. The van der Waals surface area contributed by atoms with E-state index in [1.807, 2.05) is 48.5 Å². The number of aromatic nitrogens is 4. The Kier molecular flexibility index (Phi) is 6.72. The van der Waals surface area contributed by atoms with Crippen LogP contribution in [-0.4, -0.2) is 19.7 Å². The molecule has 2 aromatic heterocycles. The van der Waals surface area contributed by atoms with E-state index in [0.717, 1.165) is 50.3 Å². The third-order valence-electron chi connectivity index (χ3n) is 4.50. The number of benzene rings is 2. The molecule has 4 aromatic rings. The van der Waals surface area contributed by atoms with Crippen molar-refractivity contribution in [3.8, 4) is 16.3 Å². The van der Waals surface area contributed by atoms with Crippen LogP contribution in [0.1, 0.15) is 24.0 Å². The van der Waals surface area contributed by atoms with E-state index in [4.69, 9.17) is 21.3 Å². The van der Waals surface area contributed by atoms with Crippen molar-refractivity contribution < 1.29 is 4.74 Å². The summed E-state index contributed by atoms with van der Waals surface area (Å²) in [5, 5.41) is 13.3. The zero-order chi connectivity index (χ0) is 20.9. The molecule has 0 aliphatic carbocycles. The zero-order valence-electron chi connectivity index (χ0n) is 16.7. The predicted molar refractivity (Wildman–Crippen MR) is 123 cm³/mol.